The number of nitrogens with zero attached hydrogens (tertiary/aromatic N) is 2. The van der Waals surface area contributed by atoms with Crippen LogP contribution in [0.1, 0.15) is 96.6 Å². The van der Waals surface area contributed by atoms with E-state index in [1.807, 2.05) is 6.20 Å². The lowest BCUT2D eigenvalue weighted by Crippen LogP contribution is -2.61. The number of pyridine rings is 1. The van der Waals surface area contributed by atoms with Gasteiger partial charge in [-0.3, -0.25) is 9.88 Å². The Morgan fingerprint density at radius 3 is 2.57 bits per heavy atom. The van der Waals surface area contributed by atoms with Crippen molar-refractivity contribution in [2.24, 2.45) is 23.2 Å². The van der Waals surface area contributed by atoms with Crippen LogP contribution in [0.15, 0.2) is 24.5 Å². The van der Waals surface area contributed by atoms with Gasteiger partial charge < -0.3 is 0 Å². The first-order valence-electron chi connectivity index (χ1n) is 12.8. The third-order valence-electron chi connectivity index (χ3n) is 9.07. The Kier molecular flexibility index (Phi) is 6.45. The molecule has 4 aliphatic rings. The molecule has 2 aliphatic heterocycles. The summed E-state index contributed by atoms with van der Waals surface area (Å²) in [5.74, 6) is 2.66. The van der Waals surface area contributed by atoms with Crippen LogP contribution in [0.25, 0.3) is 5.57 Å². The first kappa shape index (κ1) is 22.1. The van der Waals surface area contributed by atoms with Gasteiger partial charge in [-0.25, -0.2) is 0 Å². The summed E-state index contributed by atoms with van der Waals surface area (Å²) in [7, 11) is 0. The Morgan fingerprint density at radius 1 is 1.00 bits per heavy atom. The zero-order chi connectivity index (χ0) is 21.4. The maximum absolute atomic E-state index is 4.51. The van der Waals surface area contributed by atoms with Gasteiger partial charge in [0, 0.05) is 17.9 Å². The maximum Gasteiger partial charge on any atom is 0.0343 e. The first-order valence-corrected chi connectivity index (χ1v) is 12.8. The monoisotopic (exact) mass is 408 g/mol. The second-order valence-corrected chi connectivity index (χ2v) is 11.1. The Morgan fingerprint density at radius 2 is 1.80 bits per heavy atom. The summed E-state index contributed by atoms with van der Waals surface area (Å²) in [5, 5.41) is 0. The summed E-state index contributed by atoms with van der Waals surface area (Å²) in [5.41, 5.74) is 5.11. The molecule has 5 atom stereocenters. The highest BCUT2D eigenvalue weighted by atomic mass is 15.2. The quantitative estimate of drug-likeness (QED) is 0.485. The molecule has 0 radical (unpaired) electrons. The van der Waals surface area contributed by atoms with E-state index in [2.05, 4.69) is 62.8 Å². The van der Waals surface area contributed by atoms with Gasteiger partial charge >= 0.3 is 0 Å². The fraction of sp³-hybridized carbons (Fsp3) is 0.750. The normalized spacial score (nSPS) is 38.3. The molecule has 0 aromatic carbocycles. The van der Waals surface area contributed by atoms with Gasteiger partial charge in [-0.15, -0.1) is 0 Å². The lowest BCUT2D eigenvalue weighted by atomic mass is 9.52. The highest BCUT2D eigenvalue weighted by Crippen LogP contribution is 2.63. The number of hydrogen-bond donors (Lipinski definition) is 0. The molecule has 2 saturated heterocycles. The van der Waals surface area contributed by atoms with Crippen molar-refractivity contribution < 1.29 is 0 Å². The van der Waals surface area contributed by atoms with E-state index in [0.29, 0.717) is 11.0 Å². The van der Waals surface area contributed by atoms with Crippen LogP contribution in [0, 0.1) is 30.1 Å². The average Bonchev–Trinajstić information content (AvgIpc) is 2.94. The highest BCUT2D eigenvalue weighted by Gasteiger charge is 2.57. The van der Waals surface area contributed by atoms with Gasteiger partial charge in [0.2, 0.25) is 0 Å². The van der Waals surface area contributed by atoms with Gasteiger partial charge in [0.05, 0.1) is 0 Å². The van der Waals surface area contributed by atoms with E-state index in [-0.39, 0.29) is 0 Å². The van der Waals surface area contributed by atoms with Crippen molar-refractivity contribution >= 4 is 5.57 Å². The van der Waals surface area contributed by atoms with Crippen molar-refractivity contribution in [2.45, 2.75) is 97.9 Å². The van der Waals surface area contributed by atoms with E-state index in [1.165, 1.54) is 82.0 Å². The van der Waals surface area contributed by atoms with Crippen molar-refractivity contribution in [3.8, 4) is 0 Å². The molecule has 0 N–H and O–H groups in total. The molecule has 30 heavy (non-hydrogen) atoms. The van der Waals surface area contributed by atoms with E-state index in [4.69, 9.17) is 0 Å². The predicted octanol–water partition coefficient (Wildman–Crippen LogP) is 7.28. The number of rotatable bonds is 1. The molecule has 3 fully saturated rings. The largest absolute Gasteiger partial charge is 0.298 e. The number of hydrogen-bond acceptors (Lipinski definition) is 2. The molecule has 1 aromatic rings. The molecule has 166 valence electrons. The molecule has 0 spiro atoms. The second-order valence-electron chi connectivity index (χ2n) is 11.1. The van der Waals surface area contributed by atoms with Crippen molar-refractivity contribution in [2.75, 3.05) is 13.1 Å². The summed E-state index contributed by atoms with van der Waals surface area (Å²) in [6.45, 7) is 14.3. The van der Waals surface area contributed by atoms with Gasteiger partial charge in [0.1, 0.15) is 0 Å². The average molecular weight is 409 g/mol. The molecule has 2 heteroatoms. The van der Waals surface area contributed by atoms with E-state index in [9.17, 15) is 0 Å². The fourth-order valence-corrected chi connectivity index (χ4v) is 7.65. The zero-order valence-corrected chi connectivity index (χ0v) is 20.2. The zero-order valence-electron chi connectivity index (χ0n) is 20.2. The number of fused-ring (bicyclic) bond motifs is 5. The van der Waals surface area contributed by atoms with Crippen LogP contribution in [-0.4, -0.2) is 28.5 Å². The van der Waals surface area contributed by atoms with Gasteiger partial charge in [0.25, 0.3) is 0 Å². The fourth-order valence-electron chi connectivity index (χ4n) is 7.65. The minimum Gasteiger partial charge on any atom is -0.298 e. The Hall–Kier alpha value is -1.15. The maximum atomic E-state index is 4.51. The van der Waals surface area contributed by atoms with Crippen LogP contribution >= 0.6 is 0 Å². The minimum atomic E-state index is 0.361. The number of aryl methyl sites for hydroxylation is 1. The summed E-state index contributed by atoms with van der Waals surface area (Å²) >= 11 is 0. The van der Waals surface area contributed by atoms with Crippen molar-refractivity contribution in [3.63, 3.8) is 0 Å². The molecule has 1 saturated carbocycles. The SMILES string of the molecule is CCC.Cc1cncc(C2=CCC3C4CCN5CCCCCC5(C)C4CCC23C)c1. The van der Waals surface area contributed by atoms with Gasteiger partial charge in [-0.1, -0.05) is 46.1 Å². The third-order valence-corrected chi connectivity index (χ3v) is 9.07. The molecule has 5 rings (SSSR count). The van der Waals surface area contributed by atoms with Crippen molar-refractivity contribution in [3.05, 3.63) is 35.7 Å². The van der Waals surface area contributed by atoms with Crippen LogP contribution < -0.4 is 0 Å². The van der Waals surface area contributed by atoms with Crippen molar-refractivity contribution in [1.29, 1.82) is 0 Å². The van der Waals surface area contributed by atoms with E-state index < -0.39 is 0 Å². The third kappa shape index (κ3) is 3.68. The topological polar surface area (TPSA) is 16.1 Å². The smallest absolute Gasteiger partial charge is 0.0343 e. The van der Waals surface area contributed by atoms with Crippen LogP contribution in [0.3, 0.4) is 0 Å². The lowest BCUT2D eigenvalue weighted by molar-refractivity contribution is -0.0868. The van der Waals surface area contributed by atoms with E-state index >= 15 is 0 Å². The molecular formula is C28H44N2. The van der Waals surface area contributed by atoms with Crippen molar-refractivity contribution in [1.82, 2.24) is 9.88 Å². The number of piperidine rings is 1. The minimum absolute atomic E-state index is 0.361. The van der Waals surface area contributed by atoms with Crippen LogP contribution in [0.4, 0.5) is 0 Å². The Balaban J connectivity index is 0.000000687. The van der Waals surface area contributed by atoms with Gasteiger partial charge in [-0.2, -0.15) is 0 Å². The summed E-state index contributed by atoms with van der Waals surface area (Å²) < 4.78 is 0. The summed E-state index contributed by atoms with van der Waals surface area (Å²) in [4.78, 5) is 7.41. The van der Waals surface area contributed by atoms with Gasteiger partial charge in [0.15, 0.2) is 0 Å². The molecular weight excluding hydrogens is 364 g/mol. The van der Waals surface area contributed by atoms with Gasteiger partial charge in [-0.05, 0) is 111 Å². The van der Waals surface area contributed by atoms with Crippen LogP contribution in [0.2, 0.25) is 0 Å². The summed E-state index contributed by atoms with van der Waals surface area (Å²) in [6.07, 6.45) is 19.2. The number of aromatic nitrogens is 1. The Bertz CT molecular complexity index is 768. The number of allylic oxidation sites excluding steroid dienone is 2. The summed E-state index contributed by atoms with van der Waals surface area (Å²) in [6, 6.07) is 2.35. The predicted molar refractivity (Wildman–Crippen MR) is 128 cm³/mol. The molecule has 0 amide bonds. The molecule has 2 aliphatic carbocycles. The van der Waals surface area contributed by atoms with E-state index in [1.54, 1.807) is 5.57 Å². The second kappa shape index (κ2) is 8.77. The molecule has 2 nitrogen and oxygen atoms in total. The van der Waals surface area contributed by atoms with Crippen LogP contribution in [0.5, 0.6) is 0 Å². The van der Waals surface area contributed by atoms with E-state index in [0.717, 1.165) is 17.8 Å². The lowest BCUT2D eigenvalue weighted by Gasteiger charge is -2.60. The highest BCUT2D eigenvalue weighted by molar-refractivity contribution is 5.72. The molecule has 3 heterocycles. The Labute approximate surface area is 185 Å². The standard InChI is InChI=1S/C25H36N2.C3H8/c1-18-15-19(17-26-16-18)21-7-8-22-20-10-14-27-13-6-4-5-11-25(27,3)23(20)9-12-24(21,22)2;1-3-2/h7,15-17,20,22-23H,4-6,8-14H2,1-3H3;3H2,1-2H3. The molecule has 5 unspecified atom stereocenters. The first-order chi connectivity index (χ1) is 14.4. The molecule has 0 bridgehead atoms. The molecule has 1 aromatic heterocycles. The van der Waals surface area contributed by atoms with Crippen LogP contribution in [-0.2, 0) is 0 Å².